The van der Waals surface area contributed by atoms with Gasteiger partial charge in [-0.25, -0.2) is 8.42 Å². The van der Waals surface area contributed by atoms with E-state index in [1.165, 1.54) is 4.90 Å². The molecule has 0 amide bonds. The predicted octanol–water partition coefficient (Wildman–Crippen LogP) is -3.99. The molecule has 0 saturated carbocycles. The minimum absolute atomic E-state index is 0. The van der Waals surface area contributed by atoms with Crippen molar-refractivity contribution in [3.8, 4) is 0 Å². The molecule has 0 N–H and O–H groups in total. The number of hydrogen-bond donors (Lipinski definition) is 0. The summed E-state index contributed by atoms with van der Waals surface area (Å²) in [6, 6.07) is 0. The Morgan fingerprint density at radius 1 is 1.50 bits per heavy atom. The summed E-state index contributed by atoms with van der Waals surface area (Å²) in [5, 5.41) is 0. The molecular weight excluding hydrogens is 193 g/mol. The van der Waals surface area contributed by atoms with Gasteiger partial charge in [-0.15, -0.1) is 0 Å². The standard InChI is InChI=1S/C5H11NO4S.Na/c1-2-6(3-4-7)5-11(8,9)10;/h4H,2-3,5H2,1H3,(H,8,9,10);/q;+1/p-1. The molecule has 12 heavy (non-hydrogen) atoms. The summed E-state index contributed by atoms with van der Waals surface area (Å²) in [6.45, 7) is 2.03. The first-order valence-corrected chi connectivity index (χ1v) is 4.67. The van der Waals surface area contributed by atoms with Gasteiger partial charge in [0.2, 0.25) is 0 Å². The molecule has 7 heteroatoms. The molecule has 0 saturated heterocycles. The third kappa shape index (κ3) is 8.63. The Bertz CT molecular complexity index is 215. The zero-order valence-corrected chi connectivity index (χ0v) is 10.0. The second-order valence-electron chi connectivity index (χ2n) is 2.02. The van der Waals surface area contributed by atoms with Crippen molar-refractivity contribution in [2.45, 2.75) is 6.92 Å². The minimum Gasteiger partial charge on any atom is -0.747 e. The molecule has 66 valence electrons. The fourth-order valence-corrected chi connectivity index (χ4v) is 1.34. The van der Waals surface area contributed by atoms with Crippen LogP contribution in [0.1, 0.15) is 6.92 Å². The van der Waals surface area contributed by atoms with E-state index in [1.54, 1.807) is 6.92 Å². The Hall–Kier alpha value is 0.540. The molecule has 0 spiro atoms. The molecule has 0 aromatic heterocycles. The first-order valence-electron chi connectivity index (χ1n) is 3.09. The van der Waals surface area contributed by atoms with Crippen molar-refractivity contribution in [3.63, 3.8) is 0 Å². The Balaban J connectivity index is 0. The molecule has 5 nitrogen and oxygen atoms in total. The van der Waals surface area contributed by atoms with Gasteiger partial charge in [0, 0.05) is 0 Å². The Morgan fingerprint density at radius 2 is 2.00 bits per heavy atom. The predicted molar refractivity (Wildman–Crippen MR) is 37.9 cm³/mol. The second-order valence-corrected chi connectivity index (χ2v) is 3.40. The molecule has 0 atom stereocenters. The van der Waals surface area contributed by atoms with Crippen molar-refractivity contribution >= 4 is 16.4 Å². The van der Waals surface area contributed by atoms with Gasteiger partial charge in [-0.1, -0.05) is 6.92 Å². The first-order chi connectivity index (χ1) is 4.99. The molecule has 0 heterocycles. The summed E-state index contributed by atoms with van der Waals surface area (Å²) in [5.41, 5.74) is 0. The van der Waals surface area contributed by atoms with E-state index in [1.807, 2.05) is 0 Å². The van der Waals surface area contributed by atoms with Crippen LogP contribution in [0.5, 0.6) is 0 Å². The smallest absolute Gasteiger partial charge is 0.747 e. The van der Waals surface area contributed by atoms with E-state index in [0.29, 0.717) is 12.8 Å². The van der Waals surface area contributed by atoms with Gasteiger partial charge in [-0.05, 0) is 6.54 Å². The van der Waals surface area contributed by atoms with E-state index in [0.717, 1.165) is 0 Å². The third-order valence-corrected chi connectivity index (χ3v) is 1.80. The van der Waals surface area contributed by atoms with Crippen LogP contribution in [0, 0.1) is 0 Å². The van der Waals surface area contributed by atoms with Crippen LogP contribution in [0.4, 0.5) is 0 Å². The number of likely N-dealkylation sites (N-methyl/N-ethyl adjacent to an activating group) is 1. The zero-order valence-electron chi connectivity index (χ0n) is 7.19. The SMILES string of the molecule is CCN(CC=O)CS(=O)(=O)[O-].[Na+]. The van der Waals surface area contributed by atoms with E-state index >= 15 is 0 Å². The van der Waals surface area contributed by atoms with Crippen LogP contribution in [0.3, 0.4) is 0 Å². The van der Waals surface area contributed by atoms with E-state index < -0.39 is 16.0 Å². The molecule has 0 aliphatic carbocycles. The number of carbonyl (C=O) groups excluding carboxylic acids is 1. The minimum atomic E-state index is -4.24. The summed E-state index contributed by atoms with van der Waals surface area (Å²) in [4.78, 5) is 11.2. The number of carbonyl (C=O) groups is 1. The van der Waals surface area contributed by atoms with Crippen LogP contribution >= 0.6 is 0 Å². The van der Waals surface area contributed by atoms with Crippen molar-refractivity contribution in [1.29, 1.82) is 0 Å². The maximum absolute atomic E-state index is 10.2. The fourth-order valence-electron chi connectivity index (χ4n) is 0.602. The van der Waals surface area contributed by atoms with Gasteiger partial charge in [0.15, 0.2) is 0 Å². The van der Waals surface area contributed by atoms with Crippen molar-refractivity contribution in [2.24, 2.45) is 0 Å². The zero-order chi connectivity index (χ0) is 8.91. The summed E-state index contributed by atoms with van der Waals surface area (Å²) in [7, 11) is -4.24. The molecule has 0 aromatic carbocycles. The van der Waals surface area contributed by atoms with Gasteiger partial charge in [0.25, 0.3) is 0 Å². The molecule has 0 aliphatic heterocycles. The van der Waals surface area contributed by atoms with E-state index in [-0.39, 0.29) is 36.1 Å². The van der Waals surface area contributed by atoms with Crippen LogP contribution in [0.15, 0.2) is 0 Å². The number of hydrogen-bond acceptors (Lipinski definition) is 5. The fraction of sp³-hybridized carbons (Fsp3) is 0.800. The molecule has 0 bridgehead atoms. The Morgan fingerprint density at radius 3 is 2.25 bits per heavy atom. The molecular formula is C5H10NNaO4S. The summed E-state index contributed by atoms with van der Waals surface area (Å²) in [6.07, 6.45) is 0.564. The molecule has 0 rings (SSSR count). The van der Waals surface area contributed by atoms with Gasteiger partial charge in [0.05, 0.1) is 12.4 Å². The maximum Gasteiger partial charge on any atom is 1.00 e. The molecule has 0 aliphatic rings. The van der Waals surface area contributed by atoms with Gasteiger partial charge in [-0.3, -0.25) is 4.90 Å². The molecule has 0 unspecified atom stereocenters. The Kier molecular flexibility index (Phi) is 8.76. The van der Waals surface area contributed by atoms with Crippen LogP contribution in [-0.4, -0.2) is 43.1 Å². The average molecular weight is 203 g/mol. The second kappa shape index (κ2) is 6.99. The van der Waals surface area contributed by atoms with Crippen LogP contribution < -0.4 is 29.6 Å². The van der Waals surface area contributed by atoms with Gasteiger partial charge in [-0.2, -0.15) is 0 Å². The number of nitrogens with zero attached hydrogens (tertiary/aromatic N) is 1. The number of aldehydes is 1. The van der Waals surface area contributed by atoms with Crippen LogP contribution in [0.25, 0.3) is 0 Å². The topological polar surface area (TPSA) is 77.5 Å². The van der Waals surface area contributed by atoms with E-state index in [4.69, 9.17) is 0 Å². The van der Waals surface area contributed by atoms with Crippen molar-refractivity contribution in [3.05, 3.63) is 0 Å². The van der Waals surface area contributed by atoms with Gasteiger partial charge < -0.3 is 9.35 Å². The van der Waals surface area contributed by atoms with Crippen LogP contribution in [0.2, 0.25) is 0 Å². The quantitative estimate of drug-likeness (QED) is 0.259. The van der Waals surface area contributed by atoms with Gasteiger partial charge in [0.1, 0.15) is 16.4 Å². The average Bonchev–Trinajstić information content (AvgIpc) is 1.84. The first kappa shape index (κ1) is 15.0. The van der Waals surface area contributed by atoms with Crippen molar-refractivity contribution < 1.29 is 47.3 Å². The summed E-state index contributed by atoms with van der Waals surface area (Å²) in [5.74, 6) is -0.595. The van der Waals surface area contributed by atoms with Crippen molar-refractivity contribution in [2.75, 3.05) is 19.0 Å². The largest absolute Gasteiger partial charge is 1.00 e. The van der Waals surface area contributed by atoms with Gasteiger partial charge >= 0.3 is 29.6 Å². The summed E-state index contributed by atoms with van der Waals surface area (Å²) >= 11 is 0. The third-order valence-electron chi connectivity index (χ3n) is 1.12. The summed E-state index contributed by atoms with van der Waals surface area (Å²) < 4.78 is 30.5. The van der Waals surface area contributed by atoms with Crippen molar-refractivity contribution in [1.82, 2.24) is 4.90 Å². The normalized spacial score (nSPS) is 10.9. The molecule has 0 aromatic rings. The molecule has 0 fully saturated rings. The monoisotopic (exact) mass is 203 g/mol. The Labute approximate surface area is 94.2 Å². The van der Waals surface area contributed by atoms with Crippen LogP contribution in [-0.2, 0) is 14.9 Å². The van der Waals surface area contributed by atoms with E-state index in [9.17, 15) is 17.8 Å². The number of rotatable bonds is 5. The van der Waals surface area contributed by atoms with E-state index in [2.05, 4.69) is 0 Å². The molecule has 0 radical (unpaired) electrons. The maximum atomic E-state index is 10.2.